The Bertz CT molecular complexity index is 1220. The van der Waals surface area contributed by atoms with E-state index in [1.807, 2.05) is 12.1 Å². The van der Waals surface area contributed by atoms with Gasteiger partial charge in [0.05, 0.1) is 6.21 Å². The molecule has 0 aliphatic heterocycles. The van der Waals surface area contributed by atoms with Gasteiger partial charge in [-0.15, -0.1) is 0 Å². The Morgan fingerprint density at radius 3 is 2.09 bits per heavy atom. The van der Waals surface area contributed by atoms with Crippen LogP contribution in [0.2, 0.25) is 0 Å². The van der Waals surface area contributed by atoms with Gasteiger partial charge in [0.15, 0.2) is 5.60 Å². The second kappa shape index (κ2) is 10.6. The zero-order valence-electron chi connectivity index (χ0n) is 18.3. The average Bonchev–Trinajstić information content (AvgIpc) is 2.89. The highest BCUT2D eigenvalue weighted by molar-refractivity contribution is 5.91. The van der Waals surface area contributed by atoms with Gasteiger partial charge in [-0.2, -0.15) is 5.10 Å². The Labute approximate surface area is 197 Å². The third-order valence-corrected chi connectivity index (χ3v) is 5.27. The molecule has 6 heteroatoms. The molecule has 0 radical (unpaired) electrons. The fourth-order valence-electron chi connectivity index (χ4n) is 3.48. The minimum atomic E-state index is -1.89. The third kappa shape index (κ3) is 5.36. The monoisotopic (exact) mass is 454 g/mol. The third-order valence-electron chi connectivity index (χ3n) is 5.27. The highest BCUT2D eigenvalue weighted by Gasteiger charge is 2.39. The van der Waals surface area contributed by atoms with E-state index in [1.165, 1.54) is 18.3 Å². The molecule has 0 aromatic heterocycles. The number of hydrogen-bond acceptors (Lipinski definition) is 4. The van der Waals surface area contributed by atoms with Gasteiger partial charge >= 0.3 is 0 Å². The zero-order chi connectivity index (χ0) is 23.8. The van der Waals surface area contributed by atoms with Crippen molar-refractivity contribution in [1.82, 2.24) is 5.43 Å². The SMILES string of the molecule is O=C(N/N=C/c1ccc(OCc2cccc(F)c2)cc1)C(O)(c1ccccc1)c1ccccc1. The van der Waals surface area contributed by atoms with Crippen LogP contribution in [0.1, 0.15) is 22.3 Å². The van der Waals surface area contributed by atoms with E-state index in [2.05, 4.69) is 10.5 Å². The van der Waals surface area contributed by atoms with Gasteiger partial charge in [-0.05, 0) is 58.7 Å². The lowest BCUT2D eigenvalue weighted by molar-refractivity contribution is -0.136. The summed E-state index contributed by atoms with van der Waals surface area (Å²) in [4.78, 5) is 13.0. The molecule has 1 amide bonds. The van der Waals surface area contributed by atoms with E-state index in [-0.39, 0.29) is 12.4 Å². The molecule has 0 saturated carbocycles. The van der Waals surface area contributed by atoms with Crippen LogP contribution in [0.4, 0.5) is 4.39 Å². The molecule has 0 fully saturated rings. The van der Waals surface area contributed by atoms with Crippen LogP contribution in [0.5, 0.6) is 5.75 Å². The maximum Gasteiger partial charge on any atom is 0.281 e. The molecule has 4 rings (SSSR count). The maximum atomic E-state index is 13.3. The molecule has 0 bridgehead atoms. The van der Waals surface area contributed by atoms with Gasteiger partial charge < -0.3 is 9.84 Å². The van der Waals surface area contributed by atoms with E-state index in [0.29, 0.717) is 16.9 Å². The summed E-state index contributed by atoms with van der Waals surface area (Å²) in [6.07, 6.45) is 1.48. The van der Waals surface area contributed by atoms with E-state index in [0.717, 1.165) is 11.1 Å². The minimum absolute atomic E-state index is 0.249. The van der Waals surface area contributed by atoms with Crippen molar-refractivity contribution in [3.63, 3.8) is 0 Å². The number of aliphatic hydroxyl groups is 1. The Hall–Kier alpha value is -4.29. The summed E-state index contributed by atoms with van der Waals surface area (Å²) < 4.78 is 18.9. The molecule has 5 nitrogen and oxygen atoms in total. The number of carbonyl (C=O) groups excluding carboxylic acids is 1. The van der Waals surface area contributed by atoms with Crippen LogP contribution in [-0.4, -0.2) is 17.2 Å². The lowest BCUT2D eigenvalue weighted by Gasteiger charge is -2.27. The summed E-state index contributed by atoms with van der Waals surface area (Å²) in [5, 5.41) is 15.4. The predicted molar refractivity (Wildman–Crippen MR) is 129 cm³/mol. The number of carbonyl (C=O) groups is 1. The molecule has 0 atom stereocenters. The first-order chi connectivity index (χ1) is 16.6. The minimum Gasteiger partial charge on any atom is -0.489 e. The van der Waals surface area contributed by atoms with Crippen molar-refractivity contribution >= 4 is 12.1 Å². The smallest absolute Gasteiger partial charge is 0.281 e. The quantitative estimate of drug-likeness (QED) is 0.297. The highest BCUT2D eigenvalue weighted by atomic mass is 19.1. The van der Waals surface area contributed by atoms with Crippen molar-refractivity contribution < 1.29 is 19.0 Å². The number of hydrazone groups is 1. The van der Waals surface area contributed by atoms with Gasteiger partial charge in [0.25, 0.3) is 5.91 Å². The van der Waals surface area contributed by atoms with E-state index in [4.69, 9.17) is 4.74 Å². The summed E-state index contributed by atoms with van der Waals surface area (Å²) in [6.45, 7) is 0.249. The lowest BCUT2D eigenvalue weighted by atomic mass is 9.85. The van der Waals surface area contributed by atoms with Crippen molar-refractivity contribution in [2.45, 2.75) is 12.2 Å². The van der Waals surface area contributed by atoms with Crippen molar-refractivity contribution in [2.75, 3.05) is 0 Å². The van der Waals surface area contributed by atoms with Crippen LogP contribution >= 0.6 is 0 Å². The normalized spacial score (nSPS) is 11.4. The van der Waals surface area contributed by atoms with Crippen molar-refractivity contribution in [2.24, 2.45) is 5.10 Å². The standard InChI is InChI=1S/C28H23FN2O3/c29-25-13-7-8-22(18-25)20-34-26-16-14-21(15-17-26)19-30-31-27(32)28(33,23-9-3-1-4-10-23)24-11-5-2-6-12-24/h1-19,33H,20H2,(H,31,32)/b30-19+. The van der Waals surface area contributed by atoms with Crippen molar-refractivity contribution in [3.05, 3.63) is 137 Å². The number of nitrogens with zero attached hydrogens (tertiary/aromatic N) is 1. The Kier molecular flexibility index (Phi) is 7.10. The topological polar surface area (TPSA) is 70.9 Å². The molecule has 4 aromatic rings. The molecule has 0 aliphatic carbocycles. The number of nitrogens with one attached hydrogen (secondary N) is 1. The van der Waals surface area contributed by atoms with E-state index >= 15 is 0 Å². The van der Waals surface area contributed by atoms with Crippen LogP contribution in [-0.2, 0) is 17.0 Å². The Balaban J connectivity index is 1.42. The molecule has 0 saturated heterocycles. The maximum absolute atomic E-state index is 13.3. The Morgan fingerprint density at radius 2 is 1.50 bits per heavy atom. The van der Waals surface area contributed by atoms with Crippen molar-refractivity contribution in [3.8, 4) is 5.75 Å². The number of halogens is 1. The van der Waals surface area contributed by atoms with Crippen LogP contribution in [0.15, 0.2) is 114 Å². The van der Waals surface area contributed by atoms with Crippen molar-refractivity contribution in [1.29, 1.82) is 0 Å². The van der Waals surface area contributed by atoms with Gasteiger partial charge in [-0.1, -0.05) is 72.8 Å². The molecule has 4 aromatic carbocycles. The van der Waals surface area contributed by atoms with Gasteiger partial charge in [-0.3, -0.25) is 4.79 Å². The summed E-state index contributed by atoms with van der Waals surface area (Å²) >= 11 is 0. The first-order valence-electron chi connectivity index (χ1n) is 10.7. The number of rotatable bonds is 8. The second-order valence-corrected chi connectivity index (χ2v) is 7.63. The van der Waals surface area contributed by atoms with Crippen LogP contribution < -0.4 is 10.2 Å². The molecule has 0 spiro atoms. The average molecular weight is 455 g/mol. The second-order valence-electron chi connectivity index (χ2n) is 7.63. The zero-order valence-corrected chi connectivity index (χ0v) is 18.3. The van der Waals surface area contributed by atoms with E-state index in [9.17, 15) is 14.3 Å². The molecule has 34 heavy (non-hydrogen) atoms. The largest absolute Gasteiger partial charge is 0.489 e. The molecule has 0 aliphatic rings. The van der Waals surface area contributed by atoms with E-state index < -0.39 is 11.5 Å². The molecule has 0 unspecified atom stereocenters. The molecule has 0 heterocycles. The molecule has 170 valence electrons. The summed E-state index contributed by atoms with van der Waals surface area (Å²) in [6, 6.07) is 30.8. The summed E-state index contributed by atoms with van der Waals surface area (Å²) in [7, 11) is 0. The van der Waals surface area contributed by atoms with Gasteiger partial charge in [0.1, 0.15) is 18.2 Å². The molecular weight excluding hydrogens is 431 g/mol. The number of benzene rings is 4. The Morgan fingerprint density at radius 1 is 0.882 bits per heavy atom. The molecular formula is C28H23FN2O3. The summed E-state index contributed by atoms with van der Waals surface area (Å²) in [5.41, 5.74) is 2.89. The number of amides is 1. The van der Waals surface area contributed by atoms with Crippen LogP contribution in [0, 0.1) is 5.82 Å². The number of ether oxygens (including phenoxy) is 1. The van der Waals surface area contributed by atoms with Crippen LogP contribution in [0.25, 0.3) is 0 Å². The van der Waals surface area contributed by atoms with Crippen LogP contribution in [0.3, 0.4) is 0 Å². The molecule has 2 N–H and O–H groups in total. The van der Waals surface area contributed by atoms with E-state index in [1.54, 1.807) is 84.9 Å². The van der Waals surface area contributed by atoms with Gasteiger partial charge in [-0.25, -0.2) is 9.82 Å². The fraction of sp³-hybridized carbons (Fsp3) is 0.0714. The highest BCUT2D eigenvalue weighted by Crippen LogP contribution is 2.29. The first kappa shape index (κ1) is 22.9. The van der Waals surface area contributed by atoms with Gasteiger partial charge in [0, 0.05) is 0 Å². The predicted octanol–water partition coefficient (Wildman–Crippen LogP) is 4.79. The lowest BCUT2D eigenvalue weighted by Crippen LogP contribution is -2.43. The fourth-order valence-corrected chi connectivity index (χ4v) is 3.48. The summed E-state index contributed by atoms with van der Waals surface area (Å²) in [5.74, 6) is -0.356. The van der Waals surface area contributed by atoms with Gasteiger partial charge in [0.2, 0.25) is 0 Å². The first-order valence-corrected chi connectivity index (χ1v) is 10.7. The number of hydrogen-bond donors (Lipinski definition) is 2.